The lowest BCUT2D eigenvalue weighted by Gasteiger charge is -2.08. The second kappa shape index (κ2) is 8.57. The van der Waals surface area contributed by atoms with Crippen molar-refractivity contribution in [2.24, 2.45) is 0 Å². The van der Waals surface area contributed by atoms with Crippen molar-refractivity contribution in [2.45, 2.75) is 20.3 Å². The smallest absolute Gasteiger partial charge is 0.339 e. The van der Waals surface area contributed by atoms with Crippen molar-refractivity contribution >= 4 is 11.9 Å². The van der Waals surface area contributed by atoms with Crippen LogP contribution >= 0.6 is 0 Å². The Morgan fingerprint density at radius 3 is 1.75 bits per heavy atom. The van der Waals surface area contributed by atoms with Gasteiger partial charge in [0, 0.05) is 0 Å². The number of hydrogen-bond donors (Lipinski definition) is 1. The molecule has 0 saturated carbocycles. The van der Waals surface area contributed by atoms with Crippen LogP contribution in [0.4, 0.5) is 0 Å². The summed E-state index contributed by atoms with van der Waals surface area (Å²) in [7, 11) is 0. The van der Waals surface area contributed by atoms with Gasteiger partial charge in [0.2, 0.25) is 0 Å². The summed E-state index contributed by atoms with van der Waals surface area (Å²) in [5.41, 5.74) is 3.30. The second-order valence-electron chi connectivity index (χ2n) is 6.25. The van der Waals surface area contributed by atoms with Crippen LogP contribution in [0.1, 0.15) is 45.7 Å². The van der Waals surface area contributed by atoms with Gasteiger partial charge in [-0.2, -0.15) is 0 Å². The highest BCUT2D eigenvalue weighted by atomic mass is 16.5. The topological polar surface area (TPSA) is 72.8 Å². The highest BCUT2D eigenvalue weighted by Gasteiger charge is 2.31. The average Bonchev–Trinajstić information content (AvgIpc) is 2.86. The molecule has 0 atom stereocenters. The maximum atomic E-state index is 12.8. The first-order valence-corrected chi connectivity index (χ1v) is 9.22. The fraction of sp³-hybridized carbons (Fsp3) is 0.217. The Hall–Kier alpha value is -3.34. The fourth-order valence-corrected chi connectivity index (χ4v) is 3.31. The van der Waals surface area contributed by atoms with E-state index in [1.165, 1.54) is 12.1 Å². The molecule has 2 aliphatic rings. The predicted molar refractivity (Wildman–Crippen MR) is 106 cm³/mol. The Bertz CT molecular complexity index is 907. The van der Waals surface area contributed by atoms with Gasteiger partial charge in [0.05, 0.1) is 24.3 Å². The molecule has 144 valence electrons. The zero-order valence-electron chi connectivity index (χ0n) is 15.9. The van der Waals surface area contributed by atoms with Crippen LogP contribution < -0.4 is 0 Å². The molecule has 1 aromatic carbocycles. The third-order valence-corrected chi connectivity index (χ3v) is 4.46. The number of fused-ring (bicyclic) bond motifs is 1. The maximum Gasteiger partial charge on any atom is 0.339 e. The zero-order valence-corrected chi connectivity index (χ0v) is 15.9. The molecule has 0 heterocycles. The van der Waals surface area contributed by atoms with Gasteiger partial charge in [-0.3, -0.25) is 0 Å². The van der Waals surface area contributed by atoms with E-state index in [1.807, 2.05) is 30.3 Å². The lowest BCUT2D eigenvalue weighted by Crippen LogP contribution is -2.11. The van der Waals surface area contributed by atoms with Gasteiger partial charge in [-0.25, -0.2) is 9.59 Å². The number of benzene rings is 1. The van der Waals surface area contributed by atoms with Crippen molar-refractivity contribution in [1.29, 1.82) is 0 Å². The van der Waals surface area contributed by atoms with E-state index < -0.39 is 11.9 Å². The molecule has 0 spiro atoms. The first-order valence-electron chi connectivity index (χ1n) is 9.22. The molecule has 3 rings (SSSR count). The number of hydrogen-bond acceptors (Lipinski definition) is 5. The van der Waals surface area contributed by atoms with E-state index in [4.69, 9.17) is 9.47 Å². The van der Waals surface area contributed by atoms with Crippen LogP contribution in [0.2, 0.25) is 0 Å². The van der Waals surface area contributed by atoms with E-state index in [2.05, 4.69) is 0 Å². The number of esters is 2. The molecule has 0 aliphatic heterocycles. The molecule has 28 heavy (non-hydrogen) atoms. The molecule has 0 radical (unpaired) electrons. The lowest BCUT2D eigenvalue weighted by molar-refractivity contribution is 0.0525. The third kappa shape index (κ3) is 3.83. The van der Waals surface area contributed by atoms with Gasteiger partial charge in [-0.1, -0.05) is 30.3 Å². The quantitative estimate of drug-likeness (QED) is 0.642. The van der Waals surface area contributed by atoms with Crippen LogP contribution in [0.25, 0.3) is 11.1 Å². The first-order chi connectivity index (χ1) is 13.6. The van der Waals surface area contributed by atoms with Crippen molar-refractivity contribution in [3.8, 4) is 16.9 Å². The summed E-state index contributed by atoms with van der Waals surface area (Å²) < 4.78 is 10.5. The van der Waals surface area contributed by atoms with Crippen LogP contribution in [-0.4, -0.2) is 30.3 Å². The summed E-state index contributed by atoms with van der Waals surface area (Å²) in [6, 6.07) is 15.8. The van der Waals surface area contributed by atoms with Crippen LogP contribution in [-0.2, 0) is 15.9 Å². The Labute approximate surface area is 163 Å². The summed E-state index contributed by atoms with van der Waals surface area (Å²) >= 11 is 0. The molecule has 5 nitrogen and oxygen atoms in total. The summed E-state index contributed by atoms with van der Waals surface area (Å²) in [4.78, 5) is 25.6. The minimum absolute atomic E-state index is 0.0328. The van der Waals surface area contributed by atoms with Gasteiger partial charge in [0.1, 0.15) is 5.75 Å². The Balaban J connectivity index is 2.30. The fourth-order valence-electron chi connectivity index (χ4n) is 3.31. The highest BCUT2D eigenvalue weighted by molar-refractivity contribution is 6.10. The largest absolute Gasteiger partial charge is 0.508 e. The lowest BCUT2D eigenvalue weighted by atomic mass is 10.00. The van der Waals surface area contributed by atoms with Gasteiger partial charge in [0.25, 0.3) is 0 Å². The standard InChI is InChI=1S/C23H22O5/c1-3-27-22(25)20-17-12-10-16(24)11-13-18(17)21(23(26)28-4-2)19(20)14-15-8-6-5-7-9-15/h5-13,24H,3-4,14H2,1-2H3. The van der Waals surface area contributed by atoms with Gasteiger partial charge >= 0.3 is 11.9 Å². The van der Waals surface area contributed by atoms with Crippen LogP contribution in [0.3, 0.4) is 0 Å². The van der Waals surface area contributed by atoms with Crippen molar-refractivity contribution < 1.29 is 24.2 Å². The van der Waals surface area contributed by atoms with E-state index in [0.29, 0.717) is 34.2 Å². The molecular weight excluding hydrogens is 356 g/mol. The van der Waals surface area contributed by atoms with Crippen molar-refractivity contribution in [3.05, 3.63) is 76.9 Å². The molecule has 5 heteroatoms. The molecule has 1 N–H and O–H groups in total. The molecule has 0 fully saturated rings. The van der Waals surface area contributed by atoms with Crippen molar-refractivity contribution in [1.82, 2.24) is 0 Å². The molecule has 0 bridgehead atoms. The van der Waals surface area contributed by atoms with Gasteiger partial charge in [-0.05, 0) is 66.8 Å². The van der Waals surface area contributed by atoms with Crippen LogP contribution in [0, 0.1) is 0 Å². The molecular formula is C23H22O5. The molecule has 0 amide bonds. The third-order valence-electron chi connectivity index (χ3n) is 4.46. The molecule has 2 aliphatic carbocycles. The van der Waals surface area contributed by atoms with Crippen LogP contribution in [0.5, 0.6) is 5.75 Å². The molecule has 1 aromatic rings. The second-order valence-corrected chi connectivity index (χ2v) is 6.25. The minimum Gasteiger partial charge on any atom is -0.508 e. The minimum atomic E-state index is -0.500. The Morgan fingerprint density at radius 1 is 0.786 bits per heavy atom. The molecule has 0 saturated heterocycles. The monoisotopic (exact) mass is 378 g/mol. The van der Waals surface area contributed by atoms with E-state index in [9.17, 15) is 14.7 Å². The average molecular weight is 378 g/mol. The van der Waals surface area contributed by atoms with E-state index in [1.54, 1.807) is 26.0 Å². The Morgan fingerprint density at radius 2 is 1.29 bits per heavy atom. The summed E-state index contributed by atoms with van der Waals surface area (Å²) in [5.74, 6) is -0.968. The Kier molecular flexibility index (Phi) is 5.94. The number of rotatable bonds is 6. The number of aromatic hydroxyl groups is 1. The molecule has 0 unspecified atom stereocenters. The number of carbonyl (C=O) groups excluding carboxylic acids is 2. The zero-order chi connectivity index (χ0) is 20.1. The summed E-state index contributed by atoms with van der Waals surface area (Å²) in [5, 5.41) is 9.86. The summed E-state index contributed by atoms with van der Waals surface area (Å²) in [6.07, 6.45) is 0.382. The summed E-state index contributed by atoms with van der Waals surface area (Å²) in [6.45, 7) is 3.90. The first kappa shape index (κ1) is 19.4. The van der Waals surface area contributed by atoms with E-state index in [0.717, 1.165) is 5.56 Å². The van der Waals surface area contributed by atoms with E-state index in [-0.39, 0.29) is 19.0 Å². The highest BCUT2D eigenvalue weighted by Crippen LogP contribution is 2.39. The number of ether oxygens (including phenoxy) is 2. The maximum absolute atomic E-state index is 12.8. The molecule has 0 aromatic heterocycles. The van der Waals surface area contributed by atoms with E-state index >= 15 is 0 Å². The van der Waals surface area contributed by atoms with Crippen LogP contribution in [0.15, 0.2) is 54.6 Å². The van der Waals surface area contributed by atoms with Crippen molar-refractivity contribution in [2.75, 3.05) is 13.2 Å². The van der Waals surface area contributed by atoms with Gasteiger partial charge in [-0.15, -0.1) is 0 Å². The van der Waals surface area contributed by atoms with Gasteiger partial charge in [0.15, 0.2) is 0 Å². The predicted octanol–water partition coefficient (Wildman–Crippen LogP) is 4.44. The number of carbonyl (C=O) groups is 2. The van der Waals surface area contributed by atoms with Crippen molar-refractivity contribution in [3.63, 3.8) is 0 Å². The SMILES string of the molecule is CCOC(=O)c1c2ccc(O)ccc-2c(C(=O)OCC)c1Cc1ccccc1. The van der Waals surface area contributed by atoms with Gasteiger partial charge < -0.3 is 14.6 Å². The normalized spacial score (nSPS) is 10.6.